The maximum atomic E-state index is 11.8. The molecule has 0 radical (unpaired) electrons. The smallest absolute Gasteiger partial charge is 0.451 e. The molecule has 114 valence electrons. The highest BCUT2D eigenvalue weighted by Crippen LogP contribution is 2.46. The van der Waals surface area contributed by atoms with Crippen LogP contribution >= 0.6 is 0 Å². The Balaban J connectivity index is 2.26. The summed E-state index contributed by atoms with van der Waals surface area (Å²) in [7, 11) is -1.33. The number of aliphatic carboxylic acids is 1. The first-order chi connectivity index (χ1) is 9.89. The first-order valence-corrected chi connectivity index (χ1v) is 7.31. The molecule has 0 saturated heterocycles. The molecule has 2 atom stereocenters. The molecule has 0 unspecified atom stereocenters. The standard InChI is InChI=1S/C15H22BNO4/c1-15(14(18)19)12(3-2-6-16(20)21)8-11-7-10(9-17)4-5-13(11)15/h4-5,7,12,20-21H,2-3,6,8-9,17H2,1H3,(H,18,19)/t12-,15-/m0/s1. The second-order valence-corrected chi connectivity index (χ2v) is 6.02. The zero-order valence-corrected chi connectivity index (χ0v) is 12.2. The van der Waals surface area contributed by atoms with Crippen molar-refractivity contribution in [3.8, 4) is 0 Å². The van der Waals surface area contributed by atoms with E-state index in [1.54, 1.807) is 6.92 Å². The third-order valence-corrected chi connectivity index (χ3v) is 4.71. The van der Waals surface area contributed by atoms with E-state index in [9.17, 15) is 9.90 Å². The Bertz CT molecular complexity index is 534. The van der Waals surface area contributed by atoms with E-state index >= 15 is 0 Å². The van der Waals surface area contributed by atoms with Gasteiger partial charge in [-0.15, -0.1) is 0 Å². The molecule has 21 heavy (non-hydrogen) atoms. The highest BCUT2D eigenvalue weighted by Gasteiger charge is 2.48. The zero-order chi connectivity index (χ0) is 15.6. The Kier molecular flexibility index (Phi) is 4.71. The molecule has 5 N–H and O–H groups in total. The van der Waals surface area contributed by atoms with E-state index in [0.717, 1.165) is 16.7 Å². The highest BCUT2D eigenvalue weighted by molar-refractivity contribution is 6.40. The van der Waals surface area contributed by atoms with Gasteiger partial charge in [0.1, 0.15) is 0 Å². The van der Waals surface area contributed by atoms with Gasteiger partial charge in [-0.1, -0.05) is 24.6 Å². The average Bonchev–Trinajstić information content (AvgIpc) is 2.72. The molecule has 0 aliphatic heterocycles. The number of nitrogens with two attached hydrogens (primary N) is 1. The van der Waals surface area contributed by atoms with E-state index < -0.39 is 18.5 Å². The Morgan fingerprint density at radius 3 is 2.76 bits per heavy atom. The first-order valence-electron chi connectivity index (χ1n) is 7.31. The van der Waals surface area contributed by atoms with Crippen LogP contribution in [0.5, 0.6) is 0 Å². The summed E-state index contributed by atoms with van der Waals surface area (Å²) in [6, 6.07) is 5.77. The van der Waals surface area contributed by atoms with Gasteiger partial charge >= 0.3 is 13.1 Å². The summed E-state index contributed by atoms with van der Waals surface area (Å²) >= 11 is 0. The molecule has 1 aliphatic carbocycles. The van der Waals surface area contributed by atoms with Crippen LogP contribution in [0.25, 0.3) is 0 Å². The number of carboxylic acid groups (broad SMARTS) is 1. The Labute approximate surface area is 124 Å². The average molecular weight is 291 g/mol. The Morgan fingerprint density at radius 2 is 2.19 bits per heavy atom. The minimum Gasteiger partial charge on any atom is -0.481 e. The van der Waals surface area contributed by atoms with Crippen molar-refractivity contribution >= 4 is 13.1 Å². The number of hydrogen-bond donors (Lipinski definition) is 4. The minimum absolute atomic E-state index is 0.0308. The molecule has 6 heteroatoms. The van der Waals surface area contributed by atoms with E-state index in [1.807, 2.05) is 18.2 Å². The second-order valence-electron chi connectivity index (χ2n) is 6.02. The quantitative estimate of drug-likeness (QED) is 0.583. The second kappa shape index (κ2) is 6.18. The predicted molar refractivity (Wildman–Crippen MR) is 80.7 cm³/mol. The van der Waals surface area contributed by atoms with Gasteiger partial charge in [-0.2, -0.15) is 0 Å². The largest absolute Gasteiger partial charge is 0.481 e. The molecule has 0 heterocycles. The fraction of sp³-hybridized carbons (Fsp3) is 0.533. The number of carbonyl (C=O) groups is 1. The Morgan fingerprint density at radius 1 is 1.48 bits per heavy atom. The summed E-state index contributed by atoms with van der Waals surface area (Å²) in [6.45, 7) is 2.21. The van der Waals surface area contributed by atoms with E-state index in [-0.39, 0.29) is 12.2 Å². The lowest BCUT2D eigenvalue weighted by atomic mass is 9.72. The molecule has 1 aromatic rings. The number of hydrogen-bond acceptors (Lipinski definition) is 4. The van der Waals surface area contributed by atoms with Gasteiger partial charge < -0.3 is 20.9 Å². The van der Waals surface area contributed by atoms with Crippen molar-refractivity contribution in [1.29, 1.82) is 0 Å². The maximum absolute atomic E-state index is 11.8. The molecule has 0 aromatic heterocycles. The number of fused-ring (bicyclic) bond motifs is 1. The molecular weight excluding hydrogens is 269 g/mol. The molecule has 0 saturated carbocycles. The van der Waals surface area contributed by atoms with Crippen molar-refractivity contribution in [2.24, 2.45) is 11.7 Å². The zero-order valence-electron chi connectivity index (χ0n) is 12.2. The van der Waals surface area contributed by atoms with Crippen LogP contribution in [-0.2, 0) is 23.2 Å². The van der Waals surface area contributed by atoms with Gasteiger partial charge in [0.15, 0.2) is 0 Å². The van der Waals surface area contributed by atoms with Gasteiger partial charge in [0.25, 0.3) is 0 Å². The summed E-state index contributed by atoms with van der Waals surface area (Å²) in [4.78, 5) is 11.8. The van der Waals surface area contributed by atoms with Crippen LogP contribution in [0.1, 0.15) is 36.5 Å². The van der Waals surface area contributed by atoms with Crippen molar-refractivity contribution in [3.63, 3.8) is 0 Å². The van der Waals surface area contributed by atoms with Crippen molar-refractivity contribution in [1.82, 2.24) is 0 Å². The summed E-state index contributed by atoms with van der Waals surface area (Å²) < 4.78 is 0. The number of benzene rings is 1. The van der Waals surface area contributed by atoms with Crippen LogP contribution in [0.4, 0.5) is 0 Å². The van der Waals surface area contributed by atoms with E-state index in [1.165, 1.54) is 0 Å². The number of rotatable bonds is 6. The molecule has 2 rings (SSSR count). The van der Waals surface area contributed by atoms with Gasteiger partial charge in [-0.05, 0) is 48.7 Å². The van der Waals surface area contributed by atoms with Crippen molar-refractivity contribution in [3.05, 3.63) is 34.9 Å². The normalized spacial score (nSPS) is 23.9. The summed E-state index contributed by atoms with van der Waals surface area (Å²) in [6.07, 6.45) is 2.24. The Hall–Kier alpha value is -1.37. The van der Waals surface area contributed by atoms with Crippen LogP contribution in [0.2, 0.25) is 6.32 Å². The molecule has 0 bridgehead atoms. The van der Waals surface area contributed by atoms with Gasteiger partial charge in [0.05, 0.1) is 5.41 Å². The van der Waals surface area contributed by atoms with Crippen LogP contribution < -0.4 is 5.73 Å². The van der Waals surface area contributed by atoms with Crippen molar-refractivity contribution in [2.75, 3.05) is 0 Å². The van der Waals surface area contributed by atoms with E-state index in [2.05, 4.69) is 0 Å². The third kappa shape index (κ3) is 2.97. The lowest BCUT2D eigenvalue weighted by Crippen LogP contribution is -2.37. The monoisotopic (exact) mass is 291 g/mol. The van der Waals surface area contributed by atoms with Gasteiger partial charge in [0.2, 0.25) is 0 Å². The predicted octanol–water partition coefficient (Wildman–Crippen LogP) is 0.913. The molecule has 1 aliphatic rings. The van der Waals surface area contributed by atoms with Crippen LogP contribution in [0, 0.1) is 5.92 Å². The van der Waals surface area contributed by atoms with Gasteiger partial charge in [-0.25, -0.2) is 0 Å². The lowest BCUT2D eigenvalue weighted by Gasteiger charge is -2.28. The maximum Gasteiger partial charge on any atom is 0.451 e. The first kappa shape index (κ1) is 16.0. The SMILES string of the molecule is C[C@@]1(C(=O)O)c2ccc(CN)cc2C[C@@H]1CCCB(O)O. The van der Waals surface area contributed by atoms with Crippen molar-refractivity contribution < 1.29 is 19.9 Å². The van der Waals surface area contributed by atoms with Crippen LogP contribution in [0.3, 0.4) is 0 Å². The topological polar surface area (TPSA) is 104 Å². The highest BCUT2D eigenvalue weighted by atomic mass is 16.4. The minimum atomic E-state index is -1.33. The molecule has 0 amide bonds. The van der Waals surface area contributed by atoms with E-state index in [0.29, 0.717) is 25.8 Å². The molecule has 1 aromatic carbocycles. The molecule has 0 spiro atoms. The van der Waals surface area contributed by atoms with E-state index in [4.69, 9.17) is 15.8 Å². The summed E-state index contributed by atoms with van der Waals surface area (Å²) in [5.74, 6) is -0.854. The summed E-state index contributed by atoms with van der Waals surface area (Å²) in [5, 5.41) is 27.6. The fourth-order valence-corrected chi connectivity index (χ4v) is 3.37. The van der Waals surface area contributed by atoms with Gasteiger partial charge in [0, 0.05) is 6.54 Å². The lowest BCUT2D eigenvalue weighted by molar-refractivity contribution is -0.145. The van der Waals surface area contributed by atoms with Crippen LogP contribution in [0.15, 0.2) is 18.2 Å². The molecular formula is C15H22BNO4. The molecule has 5 nitrogen and oxygen atoms in total. The fourth-order valence-electron chi connectivity index (χ4n) is 3.37. The molecule has 0 fully saturated rings. The summed E-state index contributed by atoms with van der Waals surface area (Å²) in [5.41, 5.74) is 7.66. The van der Waals surface area contributed by atoms with Crippen molar-refractivity contribution in [2.45, 2.75) is 44.5 Å². The van der Waals surface area contributed by atoms with Gasteiger partial charge in [-0.3, -0.25) is 4.79 Å². The third-order valence-electron chi connectivity index (χ3n) is 4.71. The number of carboxylic acids is 1. The van der Waals surface area contributed by atoms with Crippen LogP contribution in [-0.4, -0.2) is 28.2 Å².